The maximum absolute atomic E-state index is 13.0. The molecule has 43 heavy (non-hydrogen) atoms. The number of carbonyl (C=O) groups excluding carboxylic acids is 3. The molecule has 0 spiro atoms. The lowest BCUT2D eigenvalue weighted by atomic mass is 10.2. The molecule has 1 saturated heterocycles. The van der Waals surface area contributed by atoms with E-state index in [-0.39, 0.29) is 35.0 Å². The molecule has 9 nitrogen and oxygen atoms in total. The van der Waals surface area contributed by atoms with Crippen LogP contribution in [0.15, 0.2) is 71.6 Å². The quantitative estimate of drug-likeness (QED) is 0.227. The first-order chi connectivity index (χ1) is 20.6. The van der Waals surface area contributed by atoms with Crippen molar-refractivity contribution in [3.8, 4) is 0 Å². The molecule has 4 rings (SSSR count). The van der Waals surface area contributed by atoms with Gasteiger partial charge in [0.15, 0.2) is 0 Å². The average Bonchev–Trinajstić information content (AvgIpc) is 3.60. The van der Waals surface area contributed by atoms with E-state index >= 15 is 0 Å². The maximum atomic E-state index is 13.0. The number of hydrogen-bond acceptors (Lipinski definition) is 6. The third-order valence-electron chi connectivity index (χ3n) is 6.99. The minimum Gasteiger partial charge on any atom is -0.376 e. The summed E-state index contributed by atoms with van der Waals surface area (Å²) in [6.07, 6.45) is 10.9. The van der Waals surface area contributed by atoms with E-state index in [9.17, 15) is 27.2 Å². The van der Waals surface area contributed by atoms with Gasteiger partial charge in [0.05, 0.1) is 11.4 Å². The highest BCUT2D eigenvalue weighted by molar-refractivity contribution is 7.90. The number of primary amides is 1. The molecule has 3 amide bonds. The van der Waals surface area contributed by atoms with Gasteiger partial charge in [0.25, 0.3) is 10.0 Å². The molecule has 11 heteroatoms. The number of anilines is 1. The number of benzene rings is 2. The van der Waals surface area contributed by atoms with E-state index in [1.807, 2.05) is 13.8 Å². The number of carbonyl (C=O) groups is 3. The zero-order chi connectivity index (χ0) is 31.8. The van der Waals surface area contributed by atoms with Crippen LogP contribution in [0.5, 0.6) is 0 Å². The van der Waals surface area contributed by atoms with Gasteiger partial charge >= 0.3 is 0 Å². The molecule has 0 unspecified atom stereocenters. The summed E-state index contributed by atoms with van der Waals surface area (Å²) in [5.74, 6) is -1.46. The lowest BCUT2D eigenvalue weighted by molar-refractivity contribution is -0.135. The Morgan fingerprint density at radius 1 is 1.07 bits per heavy atom. The average molecular weight is 617 g/mol. The van der Waals surface area contributed by atoms with Gasteiger partial charge in [-0.1, -0.05) is 70.0 Å². The Hall–Kier alpha value is -3.73. The van der Waals surface area contributed by atoms with Crippen molar-refractivity contribution < 1.29 is 27.2 Å². The van der Waals surface area contributed by atoms with Gasteiger partial charge in [-0.2, -0.15) is 0 Å². The van der Waals surface area contributed by atoms with Crippen LogP contribution in [0.25, 0.3) is 0 Å². The molecule has 2 fully saturated rings. The zero-order valence-electron chi connectivity index (χ0n) is 25.3. The van der Waals surface area contributed by atoms with Crippen molar-refractivity contribution in [1.29, 1.82) is 0 Å². The van der Waals surface area contributed by atoms with Crippen LogP contribution in [0, 0.1) is 17.7 Å². The van der Waals surface area contributed by atoms with Crippen LogP contribution in [0.3, 0.4) is 0 Å². The van der Waals surface area contributed by atoms with Crippen molar-refractivity contribution in [3.05, 3.63) is 72.6 Å². The SMILES string of the molecule is CC.CCCCC/C=C\[C@@H]1C[C@@H]1C(=O)NS(=O)(=O)c1ccccc1.NC(=O)[C@@H]1CCCN1C(=O)CNc1cccc(F)c1. The van der Waals surface area contributed by atoms with Crippen LogP contribution in [0.4, 0.5) is 10.1 Å². The minimum absolute atomic E-state index is 0.0211. The van der Waals surface area contributed by atoms with Crippen LogP contribution in [-0.4, -0.2) is 50.2 Å². The fourth-order valence-corrected chi connectivity index (χ4v) is 5.67. The molecule has 2 aromatic carbocycles. The lowest BCUT2D eigenvalue weighted by Gasteiger charge is -2.22. The molecule has 0 bridgehead atoms. The number of likely N-dealkylation sites (tertiary alicyclic amines) is 1. The molecule has 0 aromatic heterocycles. The molecule has 1 heterocycles. The minimum atomic E-state index is -3.74. The van der Waals surface area contributed by atoms with Crippen molar-refractivity contribution in [2.75, 3.05) is 18.4 Å². The van der Waals surface area contributed by atoms with Crippen LogP contribution >= 0.6 is 0 Å². The van der Waals surface area contributed by atoms with Gasteiger partial charge in [0.2, 0.25) is 17.7 Å². The number of nitrogens with two attached hydrogens (primary N) is 1. The fourth-order valence-electron chi connectivity index (χ4n) is 4.62. The topological polar surface area (TPSA) is 139 Å². The van der Waals surface area contributed by atoms with Crippen molar-refractivity contribution in [2.45, 2.75) is 76.7 Å². The zero-order valence-corrected chi connectivity index (χ0v) is 26.1. The Labute approximate surface area is 255 Å². The lowest BCUT2D eigenvalue weighted by Crippen LogP contribution is -2.45. The van der Waals surface area contributed by atoms with E-state index in [0.29, 0.717) is 18.7 Å². The molecule has 2 aliphatic rings. The third kappa shape index (κ3) is 11.8. The van der Waals surface area contributed by atoms with Gasteiger partial charge in [-0.3, -0.25) is 14.4 Å². The Balaban J connectivity index is 0.000000286. The van der Waals surface area contributed by atoms with Crippen LogP contribution < -0.4 is 15.8 Å². The molecular weight excluding hydrogens is 571 g/mol. The van der Waals surface area contributed by atoms with Crippen molar-refractivity contribution >= 4 is 33.4 Å². The van der Waals surface area contributed by atoms with E-state index in [2.05, 4.69) is 29.1 Å². The fraction of sp³-hybridized carbons (Fsp3) is 0.469. The number of hydrogen-bond donors (Lipinski definition) is 3. The number of rotatable bonds is 12. The maximum Gasteiger partial charge on any atom is 0.264 e. The Bertz CT molecular complexity index is 1320. The summed E-state index contributed by atoms with van der Waals surface area (Å²) in [5, 5.41) is 2.84. The normalized spacial score (nSPS) is 19.0. The summed E-state index contributed by atoms with van der Waals surface area (Å²) >= 11 is 0. The predicted octanol–water partition coefficient (Wildman–Crippen LogP) is 5.00. The monoisotopic (exact) mass is 616 g/mol. The summed E-state index contributed by atoms with van der Waals surface area (Å²) in [7, 11) is -3.74. The van der Waals surface area contributed by atoms with Gasteiger partial charge in [-0.25, -0.2) is 17.5 Å². The molecule has 3 atom stereocenters. The summed E-state index contributed by atoms with van der Waals surface area (Å²) in [4.78, 5) is 36.8. The van der Waals surface area contributed by atoms with E-state index in [0.717, 1.165) is 19.3 Å². The Morgan fingerprint density at radius 3 is 2.44 bits per heavy atom. The number of unbranched alkanes of at least 4 members (excludes halogenated alkanes) is 3. The smallest absolute Gasteiger partial charge is 0.264 e. The van der Waals surface area contributed by atoms with Gasteiger partial charge < -0.3 is 16.0 Å². The molecule has 4 N–H and O–H groups in total. The number of halogens is 1. The first kappa shape index (κ1) is 35.5. The Morgan fingerprint density at radius 2 is 1.79 bits per heavy atom. The first-order valence-corrected chi connectivity index (χ1v) is 16.5. The number of nitrogens with one attached hydrogen (secondary N) is 2. The van der Waals surface area contributed by atoms with Gasteiger partial charge in [-0.15, -0.1) is 0 Å². The molecule has 236 valence electrons. The largest absolute Gasteiger partial charge is 0.376 e. The van der Waals surface area contributed by atoms with Gasteiger partial charge in [-0.05, 0) is 68.4 Å². The number of amides is 3. The molecule has 1 saturated carbocycles. The van der Waals surface area contributed by atoms with E-state index in [4.69, 9.17) is 5.73 Å². The number of nitrogens with zero attached hydrogens (tertiary/aromatic N) is 1. The molecule has 0 radical (unpaired) electrons. The standard InChI is InChI=1S/C17H23NO3S.C13H16FN3O2.C2H6/c1-2-3-4-5-7-10-14-13-16(14)17(19)18-22(20,21)15-11-8-6-9-12-15;14-9-3-1-4-10(7-9)16-8-12(18)17-6-2-5-11(17)13(15)19;1-2/h6-12,14,16H,2-5,13H2,1H3,(H,18,19);1,3-4,7,11,16H,2,5-6,8H2,(H2,15,19);1-2H3/b10-7-;;/t14-,16+;11-;/m10./s1. The van der Waals surface area contributed by atoms with E-state index < -0.39 is 27.9 Å². The third-order valence-corrected chi connectivity index (χ3v) is 8.36. The van der Waals surface area contributed by atoms with Crippen molar-refractivity contribution in [2.24, 2.45) is 17.6 Å². The predicted molar refractivity (Wildman–Crippen MR) is 167 cm³/mol. The summed E-state index contributed by atoms with van der Waals surface area (Å²) < 4.78 is 39.3. The highest BCUT2D eigenvalue weighted by atomic mass is 32.2. The molecule has 1 aliphatic carbocycles. The second-order valence-corrected chi connectivity index (χ2v) is 11.9. The highest BCUT2D eigenvalue weighted by Crippen LogP contribution is 2.40. The Kier molecular flexibility index (Phi) is 14.9. The number of allylic oxidation sites excluding steroid dienone is 2. The van der Waals surface area contributed by atoms with Crippen LogP contribution in [0.2, 0.25) is 0 Å². The van der Waals surface area contributed by atoms with Crippen LogP contribution in [0.1, 0.15) is 65.7 Å². The van der Waals surface area contributed by atoms with Crippen LogP contribution in [-0.2, 0) is 24.4 Å². The highest BCUT2D eigenvalue weighted by Gasteiger charge is 2.42. The van der Waals surface area contributed by atoms with E-state index in [1.54, 1.807) is 30.3 Å². The second kappa shape index (κ2) is 18.0. The number of sulfonamides is 1. The van der Waals surface area contributed by atoms with Gasteiger partial charge in [0, 0.05) is 18.2 Å². The first-order valence-electron chi connectivity index (χ1n) is 15.0. The second-order valence-electron chi connectivity index (χ2n) is 10.2. The summed E-state index contributed by atoms with van der Waals surface area (Å²) in [5.41, 5.74) is 5.78. The van der Waals surface area contributed by atoms with Crippen molar-refractivity contribution in [1.82, 2.24) is 9.62 Å². The molecule has 1 aliphatic heterocycles. The summed E-state index contributed by atoms with van der Waals surface area (Å²) in [6, 6.07) is 13.3. The van der Waals surface area contributed by atoms with Gasteiger partial charge in [0.1, 0.15) is 11.9 Å². The molecule has 2 aromatic rings. The van der Waals surface area contributed by atoms with Crippen molar-refractivity contribution in [3.63, 3.8) is 0 Å². The summed E-state index contributed by atoms with van der Waals surface area (Å²) in [6.45, 7) is 6.72. The van der Waals surface area contributed by atoms with E-state index in [1.165, 1.54) is 48.4 Å². The molecular formula is C32H45FN4O5S.